The molecule has 0 saturated carbocycles. The summed E-state index contributed by atoms with van der Waals surface area (Å²) in [6.07, 6.45) is -0.225. The average Bonchev–Trinajstić information content (AvgIpc) is 2.54. The Kier molecular flexibility index (Phi) is 4.65. The SMILES string of the molecule is COc1ccc(NC(=O)CC2=NS(=O)(=O)c3ccccc3N2)cc1Cl. The van der Waals surface area contributed by atoms with Gasteiger partial charge in [0.15, 0.2) is 0 Å². The first-order chi connectivity index (χ1) is 11.9. The molecule has 1 amide bonds. The molecule has 0 aliphatic carbocycles. The van der Waals surface area contributed by atoms with Crippen molar-refractivity contribution >= 4 is 44.7 Å². The van der Waals surface area contributed by atoms with Crippen LogP contribution < -0.4 is 15.4 Å². The largest absolute Gasteiger partial charge is 0.495 e. The van der Waals surface area contributed by atoms with E-state index in [1.54, 1.807) is 36.4 Å². The number of para-hydroxylation sites is 1. The summed E-state index contributed by atoms with van der Waals surface area (Å²) in [5.41, 5.74) is 0.864. The number of carbonyl (C=O) groups excluding carboxylic acids is 1. The number of ether oxygens (including phenoxy) is 1. The van der Waals surface area contributed by atoms with Crippen LogP contribution in [0.15, 0.2) is 51.8 Å². The molecule has 3 rings (SSSR count). The van der Waals surface area contributed by atoms with Crippen molar-refractivity contribution in [3.63, 3.8) is 0 Å². The molecule has 9 heteroatoms. The van der Waals surface area contributed by atoms with Gasteiger partial charge in [0.2, 0.25) is 5.91 Å². The molecule has 0 saturated heterocycles. The zero-order valence-electron chi connectivity index (χ0n) is 13.1. The Labute approximate surface area is 149 Å². The third-order valence-corrected chi connectivity index (χ3v) is 5.11. The van der Waals surface area contributed by atoms with Crippen molar-refractivity contribution in [3.05, 3.63) is 47.5 Å². The molecule has 2 aromatic carbocycles. The minimum absolute atomic E-state index is 0.0517. The number of hydrogen-bond acceptors (Lipinski definition) is 5. The lowest BCUT2D eigenvalue weighted by Crippen LogP contribution is -2.26. The lowest BCUT2D eigenvalue weighted by atomic mass is 10.2. The number of sulfonamides is 1. The maximum absolute atomic E-state index is 12.2. The maximum atomic E-state index is 12.2. The molecule has 7 nitrogen and oxygen atoms in total. The smallest absolute Gasteiger partial charge is 0.286 e. The third kappa shape index (κ3) is 3.75. The fourth-order valence-electron chi connectivity index (χ4n) is 2.35. The fourth-order valence-corrected chi connectivity index (χ4v) is 3.75. The molecule has 25 heavy (non-hydrogen) atoms. The highest BCUT2D eigenvalue weighted by Gasteiger charge is 2.25. The van der Waals surface area contributed by atoms with Gasteiger partial charge in [0, 0.05) is 5.69 Å². The van der Waals surface area contributed by atoms with Crippen LogP contribution in [0.5, 0.6) is 5.75 Å². The van der Waals surface area contributed by atoms with E-state index in [9.17, 15) is 13.2 Å². The van der Waals surface area contributed by atoms with Crippen LogP contribution in [0.1, 0.15) is 6.42 Å². The van der Waals surface area contributed by atoms with Gasteiger partial charge in [0.25, 0.3) is 10.0 Å². The highest BCUT2D eigenvalue weighted by molar-refractivity contribution is 7.90. The van der Waals surface area contributed by atoms with Gasteiger partial charge in [-0.15, -0.1) is 4.40 Å². The molecule has 1 heterocycles. The summed E-state index contributed by atoms with van der Waals surface area (Å²) < 4.78 is 33.0. The van der Waals surface area contributed by atoms with E-state index in [1.165, 1.54) is 13.2 Å². The molecule has 0 radical (unpaired) electrons. The number of nitrogens with zero attached hydrogens (tertiary/aromatic N) is 1. The van der Waals surface area contributed by atoms with E-state index >= 15 is 0 Å². The Bertz CT molecular complexity index is 973. The number of anilines is 2. The van der Waals surface area contributed by atoms with Gasteiger partial charge >= 0.3 is 0 Å². The van der Waals surface area contributed by atoms with Crippen molar-refractivity contribution in [2.75, 3.05) is 17.7 Å². The fraction of sp³-hybridized carbons (Fsp3) is 0.125. The summed E-state index contributed by atoms with van der Waals surface area (Å²) in [5, 5.41) is 5.85. The molecule has 130 valence electrons. The molecule has 1 aliphatic heterocycles. The van der Waals surface area contributed by atoms with Crippen molar-refractivity contribution in [3.8, 4) is 5.75 Å². The number of amidine groups is 1. The summed E-state index contributed by atoms with van der Waals surface area (Å²) in [7, 11) is -2.33. The first-order valence-corrected chi connectivity index (χ1v) is 9.04. The third-order valence-electron chi connectivity index (χ3n) is 3.44. The Hall–Kier alpha value is -2.58. The van der Waals surface area contributed by atoms with Crippen LogP contribution in [0.25, 0.3) is 0 Å². The second-order valence-corrected chi connectivity index (χ2v) is 7.19. The standard InChI is InChI=1S/C16H14ClN3O4S/c1-24-13-7-6-10(8-11(13)17)18-16(21)9-15-19-12-4-2-3-5-14(12)25(22,23)20-15/h2-8H,9H2,1H3,(H,18,21)(H,19,20). The summed E-state index contributed by atoms with van der Waals surface area (Å²) in [6, 6.07) is 11.2. The van der Waals surface area contributed by atoms with E-state index in [1.807, 2.05) is 0 Å². The first kappa shape index (κ1) is 17.2. The maximum Gasteiger partial charge on any atom is 0.286 e. The molecule has 2 N–H and O–H groups in total. The van der Waals surface area contributed by atoms with Gasteiger partial charge in [0.05, 0.1) is 24.2 Å². The van der Waals surface area contributed by atoms with Gasteiger partial charge in [-0.3, -0.25) is 4.79 Å². The predicted octanol–water partition coefficient (Wildman–Crippen LogP) is 2.89. The number of amides is 1. The minimum Gasteiger partial charge on any atom is -0.495 e. The van der Waals surface area contributed by atoms with Crippen LogP contribution >= 0.6 is 11.6 Å². The second kappa shape index (κ2) is 6.73. The molecule has 0 spiro atoms. The number of hydrogen-bond donors (Lipinski definition) is 2. The monoisotopic (exact) mass is 379 g/mol. The first-order valence-electron chi connectivity index (χ1n) is 7.22. The Balaban J connectivity index is 1.74. The van der Waals surface area contributed by atoms with Crippen molar-refractivity contribution in [1.29, 1.82) is 0 Å². The minimum atomic E-state index is -3.82. The number of rotatable bonds is 4. The van der Waals surface area contributed by atoms with Crippen LogP contribution in [0, 0.1) is 0 Å². The molecular formula is C16H14ClN3O4S. The molecule has 1 aliphatic rings. The van der Waals surface area contributed by atoms with E-state index in [-0.39, 0.29) is 17.2 Å². The Morgan fingerprint density at radius 2 is 2.04 bits per heavy atom. The number of nitrogens with one attached hydrogen (secondary N) is 2. The van der Waals surface area contributed by atoms with E-state index in [0.717, 1.165) is 0 Å². The molecule has 0 bridgehead atoms. The van der Waals surface area contributed by atoms with Gasteiger partial charge in [-0.1, -0.05) is 23.7 Å². The highest BCUT2D eigenvalue weighted by Crippen LogP contribution is 2.28. The Morgan fingerprint density at radius 3 is 2.76 bits per heavy atom. The van der Waals surface area contributed by atoms with Gasteiger partial charge < -0.3 is 15.4 Å². The van der Waals surface area contributed by atoms with Crippen LogP contribution in [-0.4, -0.2) is 27.3 Å². The molecule has 0 atom stereocenters. The molecular weight excluding hydrogens is 366 g/mol. The number of methoxy groups -OCH3 is 1. The molecule has 0 fully saturated rings. The van der Waals surface area contributed by atoms with E-state index < -0.39 is 15.9 Å². The molecule has 2 aromatic rings. The van der Waals surface area contributed by atoms with Gasteiger partial charge in [-0.25, -0.2) is 0 Å². The van der Waals surface area contributed by atoms with Crippen LogP contribution in [-0.2, 0) is 14.8 Å². The Morgan fingerprint density at radius 1 is 1.28 bits per heavy atom. The van der Waals surface area contributed by atoms with Crippen molar-refractivity contribution < 1.29 is 17.9 Å². The van der Waals surface area contributed by atoms with Crippen LogP contribution in [0.3, 0.4) is 0 Å². The zero-order valence-corrected chi connectivity index (χ0v) is 14.7. The number of carbonyl (C=O) groups is 1. The normalized spacial score (nSPS) is 14.7. The summed E-state index contributed by atoms with van der Waals surface area (Å²) in [6.45, 7) is 0. The van der Waals surface area contributed by atoms with Gasteiger partial charge in [-0.05, 0) is 30.3 Å². The van der Waals surface area contributed by atoms with Gasteiger partial charge in [-0.2, -0.15) is 8.42 Å². The quantitative estimate of drug-likeness (QED) is 0.851. The molecule has 0 aromatic heterocycles. The van der Waals surface area contributed by atoms with Crippen molar-refractivity contribution in [2.24, 2.45) is 4.40 Å². The summed E-state index contributed by atoms with van der Waals surface area (Å²) in [4.78, 5) is 12.3. The zero-order chi connectivity index (χ0) is 18.0. The summed E-state index contributed by atoms with van der Waals surface area (Å²) in [5.74, 6) is 0.110. The topological polar surface area (TPSA) is 96.9 Å². The van der Waals surface area contributed by atoms with Crippen molar-refractivity contribution in [1.82, 2.24) is 0 Å². The van der Waals surface area contributed by atoms with Crippen molar-refractivity contribution in [2.45, 2.75) is 11.3 Å². The van der Waals surface area contributed by atoms with Crippen LogP contribution in [0.2, 0.25) is 5.02 Å². The van der Waals surface area contributed by atoms with Gasteiger partial charge in [0.1, 0.15) is 16.5 Å². The number of benzene rings is 2. The number of halogens is 1. The van der Waals surface area contributed by atoms with E-state index in [4.69, 9.17) is 16.3 Å². The lowest BCUT2D eigenvalue weighted by molar-refractivity contribution is -0.115. The number of fused-ring (bicyclic) bond motifs is 1. The average molecular weight is 380 g/mol. The van der Waals surface area contributed by atoms with E-state index in [0.29, 0.717) is 22.1 Å². The van der Waals surface area contributed by atoms with E-state index in [2.05, 4.69) is 15.0 Å². The summed E-state index contributed by atoms with van der Waals surface area (Å²) >= 11 is 6.01. The lowest BCUT2D eigenvalue weighted by Gasteiger charge is -2.17. The highest BCUT2D eigenvalue weighted by atomic mass is 35.5. The predicted molar refractivity (Wildman–Crippen MR) is 95.9 cm³/mol. The second-order valence-electron chi connectivity index (χ2n) is 5.21. The van der Waals surface area contributed by atoms with Crippen LogP contribution in [0.4, 0.5) is 11.4 Å². The molecule has 0 unspecified atom stereocenters.